The molecule has 1 aromatic carbocycles. The molecule has 20 heavy (non-hydrogen) atoms. The fourth-order valence-corrected chi connectivity index (χ4v) is 2.94. The molecule has 0 aliphatic rings. The summed E-state index contributed by atoms with van der Waals surface area (Å²) in [6.45, 7) is 3.97. The summed E-state index contributed by atoms with van der Waals surface area (Å²) in [6, 6.07) is 6.71. The molecule has 6 heteroatoms. The highest BCUT2D eigenvalue weighted by Crippen LogP contribution is 2.26. The Morgan fingerprint density at radius 2 is 1.95 bits per heavy atom. The Morgan fingerprint density at radius 3 is 2.35 bits per heavy atom. The number of carbonyl (C=O) groups is 1. The second-order valence-corrected chi connectivity index (χ2v) is 7.59. The van der Waals surface area contributed by atoms with Gasteiger partial charge in [0.25, 0.3) is 0 Å². The van der Waals surface area contributed by atoms with Gasteiger partial charge in [-0.25, -0.2) is 4.21 Å². The topological polar surface area (TPSA) is 63.6 Å². The maximum Gasteiger partial charge on any atom is 0.308 e. The molecule has 0 aliphatic heterocycles. The zero-order valence-corrected chi connectivity index (χ0v) is 13.5. The van der Waals surface area contributed by atoms with Gasteiger partial charge in [-0.05, 0) is 36.5 Å². The smallest absolute Gasteiger partial charge is 0.308 e. The van der Waals surface area contributed by atoms with Crippen LogP contribution in [0.1, 0.15) is 38.2 Å². The molecule has 0 bridgehead atoms. The zero-order chi connectivity index (χ0) is 15.3. The van der Waals surface area contributed by atoms with Crippen LogP contribution in [0.25, 0.3) is 0 Å². The van der Waals surface area contributed by atoms with Gasteiger partial charge in [0, 0.05) is 11.2 Å². The van der Waals surface area contributed by atoms with Crippen molar-refractivity contribution in [2.75, 3.05) is 7.11 Å². The second-order valence-electron chi connectivity index (χ2n) is 4.81. The van der Waals surface area contributed by atoms with Gasteiger partial charge in [-0.3, -0.25) is 4.79 Å². The van der Waals surface area contributed by atoms with Gasteiger partial charge in [0.1, 0.15) is 0 Å². The molecule has 0 saturated heterocycles. The fraction of sp³-hybridized carbons (Fsp3) is 0.500. The zero-order valence-electron chi connectivity index (χ0n) is 11.9. The number of rotatable bonds is 6. The van der Waals surface area contributed by atoms with Gasteiger partial charge in [-0.1, -0.05) is 26.0 Å². The molecule has 4 nitrogen and oxygen atoms in total. The number of carbonyl (C=O) groups excluding carboxylic acids is 1. The summed E-state index contributed by atoms with van der Waals surface area (Å²) >= 11 is 4.52. The number of ether oxygens (including phenoxy) is 1. The lowest BCUT2D eigenvalue weighted by molar-refractivity contribution is -0.145. The van der Waals surface area contributed by atoms with E-state index in [1.807, 2.05) is 13.8 Å². The Hall–Kier alpha value is -0.980. The lowest BCUT2D eigenvalue weighted by Crippen LogP contribution is -2.17. The summed E-state index contributed by atoms with van der Waals surface area (Å²) in [5.41, 5.74) is 1.01. The van der Waals surface area contributed by atoms with Crippen LogP contribution in [0.5, 0.6) is 0 Å². The molecule has 3 unspecified atom stereocenters. The minimum absolute atomic E-state index is 0.129. The summed E-state index contributed by atoms with van der Waals surface area (Å²) in [7, 11) is -1.94. The van der Waals surface area contributed by atoms with E-state index in [1.165, 1.54) is 7.11 Å². The predicted octanol–water partition coefficient (Wildman–Crippen LogP) is 2.96. The van der Waals surface area contributed by atoms with Crippen LogP contribution < -0.4 is 0 Å². The van der Waals surface area contributed by atoms with Gasteiger partial charge in [-0.15, -0.1) is 0 Å². The number of methoxy groups -OCH3 is 1. The van der Waals surface area contributed by atoms with Gasteiger partial charge in [0.2, 0.25) is 0 Å². The Kier molecular flexibility index (Phi) is 6.10. The van der Waals surface area contributed by atoms with Crippen molar-refractivity contribution in [2.24, 2.45) is 5.92 Å². The molecule has 0 aliphatic carbocycles. The van der Waals surface area contributed by atoms with Crippen LogP contribution in [0.15, 0.2) is 29.2 Å². The average molecular weight is 316 g/mol. The summed E-state index contributed by atoms with van der Waals surface area (Å²) in [5, 5.41) is 0. The van der Waals surface area contributed by atoms with Crippen molar-refractivity contribution in [3.63, 3.8) is 0 Å². The number of hydrogen-bond donors (Lipinski definition) is 1. The third kappa shape index (κ3) is 4.54. The molecule has 112 valence electrons. The van der Waals surface area contributed by atoms with Crippen LogP contribution in [0.2, 0.25) is 0 Å². The number of esters is 1. The maximum absolute atomic E-state index is 11.6. The molecule has 0 heterocycles. The van der Waals surface area contributed by atoms with Crippen LogP contribution in [-0.4, -0.2) is 21.8 Å². The standard InChI is InChI=1S/C14H20O4S2/c1-4-11(14(15)18-3)9-10(2)12-5-7-13(8-6-12)20(16,17)19/h5-8,10-11H,4,9H2,1-3H3,(H,16,17,19). The third-order valence-electron chi connectivity index (χ3n) is 3.41. The summed E-state index contributed by atoms with van der Waals surface area (Å²) in [4.78, 5) is 11.8. The fourth-order valence-electron chi connectivity index (χ4n) is 2.13. The van der Waals surface area contributed by atoms with Crippen LogP contribution in [0, 0.1) is 5.92 Å². The van der Waals surface area contributed by atoms with Crippen molar-refractivity contribution in [1.82, 2.24) is 0 Å². The first kappa shape index (κ1) is 17.1. The van der Waals surface area contributed by atoms with Crippen LogP contribution >= 0.6 is 0 Å². The van der Waals surface area contributed by atoms with Crippen molar-refractivity contribution in [3.8, 4) is 0 Å². The van der Waals surface area contributed by atoms with E-state index in [4.69, 9.17) is 4.74 Å². The molecule has 0 aromatic heterocycles. The molecule has 0 radical (unpaired) electrons. The molecule has 1 aromatic rings. The van der Waals surface area contributed by atoms with Gasteiger partial charge < -0.3 is 9.29 Å². The van der Waals surface area contributed by atoms with E-state index in [-0.39, 0.29) is 22.7 Å². The molecule has 1 N–H and O–H groups in total. The molecule has 3 atom stereocenters. The van der Waals surface area contributed by atoms with E-state index in [0.29, 0.717) is 6.42 Å². The highest BCUT2D eigenvalue weighted by Gasteiger charge is 2.20. The van der Waals surface area contributed by atoms with Crippen molar-refractivity contribution >= 4 is 25.9 Å². The average Bonchev–Trinajstić information content (AvgIpc) is 2.42. The lowest BCUT2D eigenvalue weighted by Gasteiger charge is -2.18. The third-order valence-corrected chi connectivity index (χ3v) is 4.86. The minimum Gasteiger partial charge on any atom is -0.469 e. The first-order chi connectivity index (χ1) is 9.29. The quantitative estimate of drug-likeness (QED) is 0.818. The van der Waals surface area contributed by atoms with E-state index in [9.17, 15) is 13.6 Å². The highest BCUT2D eigenvalue weighted by molar-refractivity contribution is 8.29. The summed E-state index contributed by atoms with van der Waals surface area (Å²) in [5.74, 6) is -0.163. The largest absolute Gasteiger partial charge is 0.469 e. The van der Waals surface area contributed by atoms with Crippen molar-refractivity contribution in [1.29, 1.82) is 0 Å². The maximum atomic E-state index is 11.6. The molecule has 0 amide bonds. The van der Waals surface area contributed by atoms with E-state index < -0.39 is 8.77 Å². The number of benzene rings is 1. The normalized spacial score (nSPS) is 17.0. The minimum atomic E-state index is -3.33. The molecule has 0 spiro atoms. The lowest BCUT2D eigenvalue weighted by atomic mass is 9.89. The molecular weight excluding hydrogens is 296 g/mol. The summed E-state index contributed by atoms with van der Waals surface area (Å²) < 4.78 is 25.4. The first-order valence-corrected chi connectivity index (χ1v) is 8.88. The van der Waals surface area contributed by atoms with E-state index in [2.05, 4.69) is 11.2 Å². The van der Waals surface area contributed by atoms with Gasteiger partial charge in [-0.2, -0.15) is 0 Å². The highest BCUT2D eigenvalue weighted by atomic mass is 32.8. The van der Waals surface area contributed by atoms with E-state index in [1.54, 1.807) is 24.3 Å². The Labute approximate surface area is 125 Å². The van der Waals surface area contributed by atoms with Crippen LogP contribution in [-0.2, 0) is 29.5 Å². The van der Waals surface area contributed by atoms with Crippen molar-refractivity contribution in [2.45, 2.75) is 37.5 Å². The predicted molar refractivity (Wildman–Crippen MR) is 81.7 cm³/mol. The van der Waals surface area contributed by atoms with E-state index >= 15 is 0 Å². The number of hydrogen-bond acceptors (Lipinski definition) is 4. The molecule has 0 saturated carbocycles. The SMILES string of the molecule is CCC(CC(C)c1ccc(S(=O)(O)=S)cc1)C(=O)OC. The Morgan fingerprint density at radius 1 is 1.40 bits per heavy atom. The molecular formula is C14H20O4S2. The van der Waals surface area contributed by atoms with Crippen molar-refractivity contribution in [3.05, 3.63) is 29.8 Å². The monoisotopic (exact) mass is 316 g/mol. The summed E-state index contributed by atoms with van der Waals surface area (Å²) in [6.07, 6.45) is 1.41. The molecule has 0 fully saturated rings. The van der Waals surface area contributed by atoms with Crippen molar-refractivity contribution < 1.29 is 18.3 Å². The van der Waals surface area contributed by atoms with Gasteiger partial charge in [0.15, 0.2) is 8.77 Å². The van der Waals surface area contributed by atoms with Crippen LogP contribution in [0.4, 0.5) is 0 Å². The Balaban J connectivity index is 2.82. The van der Waals surface area contributed by atoms with Gasteiger partial charge >= 0.3 is 5.97 Å². The Bertz CT molecular complexity index is 549. The first-order valence-electron chi connectivity index (χ1n) is 6.44. The van der Waals surface area contributed by atoms with E-state index in [0.717, 1.165) is 12.0 Å². The molecule has 1 rings (SSSR count). The second kappa shape index (κ2) is 7.15. The van der Waals surface area contributed by atoms with Crippen LogP contribution in [0.3, 0.4) is 0 Å². The van der Waals surface area contributed by atoms with Gasteiger partial charge in [0.05, 0.1) is 17.9 Å².